The minimum atomic E-state index is -0.942. The summed E-state index contributed by atoms with van der Waals surface area (Å²) in [6.07, 6.45) is 5.01. The molecule has 98 valence electrons. The first-order valence-electron chi connectivity index (χ1n) is 6.03. The standard InChI is InChI=1S/C13H18N2O3/c1-13(18-2)5-3-7-15(9-13)11-4-6-14-8-10(11)12(16)17/h4,6,8H,3,5,7,9H2,1-2H3,(H,16,17). The van der Waals surface area contributed by atoms with Crippen molar-refractivity contribution < 1.29 is 14.6 Å². The van der Waals surface area contributed by atoms with Crippen LogP contribution in [0.15, 0.2) is 18.5 Å². The molecule has 1 aromatic rings. The van der Waals surface area contributed by atoms with Crippen molar-refractivity contribution in [3.8, 4) is 0 Å². The van der Waals surface area contributed by atoms with Crippen LogP contribution in [0.25, 0.3) is 0 Å². The molecule has 1 saturated heterocycles. The highest BCUT2D eigenvalue weighted by Crippen LogP contribution is 2.29. The third-order valence-electron chi connectivity index (χ3n) is 3.52. The number of pyridine rings is 1. The fraction of sp³-hybridized carbons (Fsp3) is 0.538. The van der Waals surface area contributed by atoms with Gasteiger partial charge in [0.25, 0.3) is 0 Å². The lowest BCUT2D eigenvalue weighted by Gasteiger charge is -2.41. The number of hydrogen-bond donors (Lipinski definition) is 1. The number of anilines is 1. The molecule has 18 heavy (non-hydrogen) atoms. The van der Waals surface area contributed by atoms with E-state index in [0.29, 0.717) is 6.54 Å². The van der Waals surface area contributed by atoms with Gasteiger partial charge in [-0.05, 0) is 25.8 Å². The average Bonchev–Trinajstić information content (AvgIpc) is 2.39. The van der Waals surface area contributed by atoms with Crippen LogP contribution in [-0.4, -0.2) is 41.9 Å². The van der Waals surface area contributed by atoms with E-state index in [-0.39, 0.29) is 11.2 Å². The summed E-state index contributed by atoms with van der Waals surface area (Å²) in [5.41, 5.74) is 0.760. The molecule has 0 spiro atoms. The minimum absolute atomic E-state index is 0.211. The van der Waals surface area contributed by atoms with E-state index in [2.05, 4.69) is 16.8 Å². The molecule has 2 heterocycles. The predicted octanol–water partition coefficient (Wildman–Crippen LogP) is 1.79. The predicted molar refractivity (Wildman–Crippen MR) is 68.1 cm³/mol. The van der Waals surface area contributed by atoms with Crippen LogP contribution in [0.3, 0.4) is 0 Å². The van der Waals surface area contributed by atoms with Gasteiger partial charge in [-0.1, -0.05) is 0 Å². The number of aromatic nitrogens is 1. The first kappa shape index (κ1) is 12.8. The summed E-state index contributed by atoms with van der Waals surface area (Å²) >= 11 is 0. The molecular formula is C13H18N2O3. The number of piperidine rings is 1. The fourth-order valence-electron chi connectivity index (χ4n) is 2.41. The highest BCUT2D eigenvalue weighted by atomic mass is 16.5. The Kier molecular flexibility index (Phi) is 3.52. The molecular weight excluding hydrogens is 232 g/mol. The van der Waals surface area contributed by atoms with E-state index < -0.39 is 5.97 Å². The van der Waals surface area contributed by atoms with Gasteiger partial charge in [0.15, 0.2) is 0 Å². The van der Waals surface area contributed by atoms with E-state index in [0.717, 1.165) is 25.1 Å². The largest absolute Gasteiger partial charge is 0.478 e. The van der Waals surface area contributed by atoms with Crippen LogP contribution in [0, 0.1) is 0 Å². The molecule has 1 N–H and O–H groups in total. The second kappa shape index (κ2) is 4.94. The fourth-order valence-corrected chi connectivity index (χ4v) is 2.41. The number of hydrogen-bond acceptors (Lipinski definition) is 4. The smallest absolute Gasteiger partial charge is 0.339 e. The molecule has 5 heteroatoms. The Morgan fingerprint density at radius 3 is 3.06 bits per heavy atom. The van der Waals surface area contributed by atoms with Gasteiger partial charge in [0.2, 0.25) is 0 Å². The molecule has 1 unspecified atom stereocenters. The van der Waals surface area contributed by atoms with Crippen LogP contribution in [0.1, 0.15) is 30.1 Å². The van der Waals surface area contributed by atoms with Gasteiger partial charge in [-0.25, -0.2) is 4.79 Å². The molecule has 0 aliphatic carbocycles. The number of carboxylic acids is 1. The van der Waals surface area contributed by atoms with Crippen molar-refractivity contribution in [3.05, 3.63) is 24.0 Å². The summed E-state index contributed by atoms with van der Waals surface area (Å²) in [5.74, 6) is -0.942. The number of carboxylic acid groups (broad SMARTS) is 1. The normalized spacial score (nSPS) is 24.0. The van der Waals surface area contributed by atoms with Gasteiger partial charge in [-0.3, -0.25) is 4.98 Å². The lowest BCUT2D eigenvalue weighted by atomic mass is 9.94. The third-order valence-corrected chi connectivity index (χ3v) is 3.52. The Morgan fingerprint density at radius 1 is 1.61 bits per heavy atom. The van der Waals surface area contributed by atoms with Crippen LogP contribution >= 0.6 is 0 Å². The van der Waals surface area contributed by atoms with Crippen molar-refractivity contribution in [2.24, 2.45) is 0 Å². The van der Waals surface area contributed by atoms with Gasteiger partial charge in [0.05, 0.1) is 11.3 Å². The maximum absolute atomic E-state index is 11.2. The minimum Gasteiger partial charge on any atom is -0.478 e. The molecule has 2 rings (SSSR count). The van der Waals surface area contributed by atoms with Gasteiger partial charge in [-0.2, -0.15) is 0 Å². The first-order valence-corrected chi connectivity index (χ1v) is 6.03. The Labute approximate surface area is 106 Å². The van der Waals surface area contributed by atoms with Crippen molar-refractivity contribution in [1.29, 1.82) is 0 Å². The number of nitrogens with zero attached hydrogens (tertiary/aromatic N) is 2. The first-order chi connectivity index (χ1) is 8.56. The molecule has 1 fully saturated rings. The quantitative estimate of drug-likeness (QED) is 0.886. The summed E-state index contributed by atoms with van der Waals surface area (Å²) in [4.78, 5) is 17.1. The van der Waals surface area contributed by atoms with Crippen molar-refractivity contribution in [2.45, 2.75) is 25.4 Å². The van der Waals surface area contributed by atoms with E-state index in [4.69, 9.17) is 4.74 Å². The van der Waals surface area contributed by atoms with E-state index in [1.807, 2.05) is 0 Å². The summed E-state index contributed by atoms with van der Waals surface area (Å²) in [6, 6.07) is 1.75. The highest BCUT2D eigenvalue weighted by Gasteiger charge is 2.32. The summed E-state index contributed by atoms with van der Waals surface area (Å²) in [7, 11) is 1.70. The molecule has 1 aromatic heterocycles. The van der Waals surface area contributed by atoms with Crippen LogP contribution in [0.4, 0.5) is 5.69 Å². The maximum atomic E-state index is 11.2. The molecule has 0 bridgehead atoms. The number of ether oxygens (including phenoxy) is 1. The molecule has 0 radical (unpaired) electrons. The SMILES string of the molecule is COC1(C)CCCN(c2ccncc2C(=O)O)C1. The number of rotatable bonds is 3. The second-order valence-corrected chi connectivity index (χ2v) is 4.88. The summed E-state index contributed by atoms with van der Waals surface area (Å²) in [5, 5.41) is 9.19. The number of aromatic carboxylic acids is 1. The second-order valence-electron chi connectivity index (χ2n) is 4.88. The Morgan fingerprint density at radius 2 is 2.39 bits per heavy atom. The van der Waals surface area contributed by atoms with Crippen LogP contribution in [0.2, 0.25) is 0 Å². The van der Waals surface area contributed by atoms with Crippen molar-refractivity contribution in [3.63, 3.8) is 0 Å². The molecule has 1 aliphatic heterocycles. The van der Waals surface area contributed by atoms with Crippen LogP contribution in [-0.2, 0) is 4.74 Å². The average molecular weight is 250 g/mol. The van der Waals surface area contributed by atoms with Gasteiger partial charge in [0, 0.05) is 32.6 Å². The Hall–Kier alpha value is -1.62. The monoisotopic (exact) mass is 250 g/mol. The molecule has 0 saturated carbocycles. The molecule has 0 aromatic carbocycles. The van der Waals surface area contributed by atoms with Crippen molar-refractivity contribution in [1.82, 2.24) is 4.98 Å². The van der Waals surface area contributed by atoms with E-state index in [9.17, 15) is 9.90 Å². The molecule has 1 atom stereocenters. The summed E-state index contributed by atoms with van der Waals surface area (Å²) < 4.78 is 5.53. The molecule has 0 amide bonds. The lowest BCUT2D eigenvalue weighted by Crippen LogP contribution is -2.47. The van der Waals surface area contributed by atoms with E-state index in [1.165, 1.54) is 6.20 Å². The Balaban J connectivity index is 2.29. The zero-order valence-corrected chi connectivity index (χ0v) is 10.7. The van der Waals surface area contributed by atoms with Gasteiger partial charge >= 0.3 is 5.97 Å². The van der Waals surface area contributed by atoms with Gasteiger partial charge < -0.3 is 14.7 Å². The lowest BCUT2D eigenvalue weighted by molar-refractivity contribution is -0.00472. The number of carbonyl (C=O) groups is 1. The Bertz CT molecular complexity index is 450. The van der Waals surface area contributed by atoms with Crippen LogP contribution < -0.4 is 4.90 Å². The summed E-state index contributed by atoms with van der Waals surface area (Å²) in [6.45, 7) is 3.61. The third kappa shape index (κ3) is 2.46. The number of methoxy groups -OCH3 is 1. The van der Waals surface area contributed by atoms with E-state index in [1.54, 1.807) is 19.4 Å². The molecule has 1 aliphatic rings. The highest BCUT2D eigenvalue weighted by molar-refractivity contribution is 5.94. The zero-order chi connectivity index (χ0) is 13.2. The van der Waals surface area contributed by atoms with Gasteiger partial charge in [-0.15, -0.1) is 0 Å². The van der Waals surface area contributed by atoms with Crippen molar-refractivity contribution >= 4 is 11.7 Å². The zero-order valence-electron chi connectivity index (χ0n) is 10.7. The van der Waals surface area contributed by atoms with E-state index >= 15 is 0 Å². The maximum Gasteiger partial charge on any atom is 0.339 e. The molecule has 5 nitrogen and oxygen atoms in total. The van der Waals surface area contributed by atoms with Gasteiger partial charge in [0.1, 0.15) is 5.56 Å². The topological polar surface area (TPSA) is 62.7 Å². The van der Waals surface area contributed by atoms with Crippen LogP contribution in [0.5, 0.6) is 0 Å². The van der Waals surface area contributed by atoms with Crippen molar-refractivity contribution in [2.75, 3.05) is 25.1 Å².